The molecule has 1 aliphatic rings. The van der Waals surface area contributed by atoms with Gasteiger partial charge in [0, 0.05) is 0 Å². The van der Waals surface area contributed by atoms with Crippen molar-refractivity contribution < 1.29 is 19.0 Å². The molecule has 106 valence electrons. The highest BCUT2D eigenvalue weighted by Gasteiger charge is 2.16. The maximum absolute atomic E-state index is 12.0. The Bertz CT molecular complexity index is 893. The zero-order valence-electron chi connectivity index (χ0n) is 10.9. The van der Waals surface area contributed by atoms with Crippen molar-refractivity contribution in [3.8, 4) is 17.2 Å². The molecule has 1 N–H and O–H groups in total. The highest BCUT2D eigenvalue weighted by atomic mass is 16.7. The average molecular weight is 285 g/mol. The first kappa shape index (κ1) is 11.9. The summed E-state index contributed by atoms with van der Waals surface area (Å²) in [4.78, 5) is 12.0. The number of phenolic OH excluding ortho intramolecular Hbond substituents is 1. The van der Waals surface area contributed by atoms with E-state index in [9.17, 15) is 9.90 Å². The van der Waals surface area contributed by atoms with Crippen LogP contribution in [0, 0.1) is 0 Å². The Hall–Kier alpha value is -2.89. The topological polar surface area (TPSA) is 73.8 Å². The van der Waals surface area contributed by atoms with Crippen LogP contribution in [0.3, 0.4) is 0 Å². The average Bonchev–Trinajstić information content (AvgIpc) is 3.04. The summed E-state index contributed by atoms with van der Waals surface area (Å²) in [7, 11) is 0. The van der Waals surface area contributed by atoms with E-state index < -0.39 is 5.76 Å². The standard InChI is InChI=1S/C15H11NO5/c17-10-2-1-3-12-14(10)16(15(18)21-12)7-9-4-5-11-13(6-9)20-8-19-11/h1-6,17H,7-8H2. The molecule has 1 aliphatic heterocycles. The van der Waals surface area contributed by atoms with E-state index in [1.807, 2.05) is 12.1 Å². The minimum absolute atomic E-state index is 0.0130. The van der Waals surface area contributed by atoms with Crippen LogP contribution >= 0.6 is 0 Å². The maximum Gasteiger partial charge on any atom is 0.420 e. The number of nitrogens with zero attached hydrogens (tertiary/aromatic N) is 1. The fourth-order valence-electron chi connectivity index (χ4n) is 2.47. The summed E-state index contributed by atoms with van der Waals surface area (Å²) in [6.45, 7) is 0.480. The van der Waals surface area contributed by atoms with Crippen LogP contribution < -0.4 is 15.2 Å². The lowest BCUT2D eigenvalue weighted by molar-refractivity contribution is 0.174. The van der Waals surface area contributed by atoms with Crippen LogP contribution in [0.15, 0.2) is 45.6 Å². The SMILES string of the molecule is O=c1oc2cccc(O)c2n1Cc1ccc2c(c1)OCO2. The number of phenols is 1. The van der Waals surface area contributed by atoms with E-state index in [0.29, 0.717) is 22.6 Å². The highest BCUT2D eigenvalue weighted by Crippen LogP contribution is 2.33. The zero-order valence-corrected chi connectivity index (χ0v) is 10.9. The van der Waals surface area contributed by atoms with Gasteiger partial charge >= 0.3 is 5.76 Å². The molecule has 0 aliphatic carbocycles. The first-order valence-corrected chi connectivity index (χ1v) is 6.42. The first-order valence-electron chi connectivity index (χ1n) is 6.42. The number of oxazole rings is 1. The number of rotatable bonds is 2. The number of aromatic nitrogens is 1. The van der Waals surface area contributed by atoms with Gasteiger partial charge in [0.1, 0.15) is 11.3 Å². The Labute approximate surface area is 118 Å². The van der Waals surface area contributed by atoms with Crippen molar-refractivity contribution >= 4 is 11.1 Å². The Balaban J connectivity index is 1.81. The third kappa shape index (κ3) is 1.84. The van der Waals surface area contributed by atoms with Crippen LogP contribution in [0.25, 0.3) is 11.1 Å². The van der Waals surface area contributed by atoms with Crippen LogP contribution in [-0.2, 0) is 6.54 Å². The van der Waals surface area contributed by atoms with Crippen LogP contribution in [-0.4, -0.2) is 16.5 Å². The predicted molar refractivity (Wildman–Crippen MR) is 73.8 cm³/mol. The van der Waals surface area contributed by atoms with Crippen LogP contribution in [0.2, 0.25) is 0 Å². The van der Waals surface area contributed by atoms with Crippen molar-refractivity contribution in [1.82, 2.24) is 4.57 Å². The van der Waals surface area contributed by atoms with E-state index in [0.717, 1.165) is 5.56 Å². The molecule has 2 heterocycles. The molecule has 0 fully saturated rings. The minimum atomic E-state index is -0.510. The summed E-state index contributed by atoms with van der Waals surface area (Å²) in [6, 6.07) is 10.3. The summed E-state index contributed by atoms with van der Waals surface area (Å²) in [5, 5.41) is 9.93. The number of aromatic hydroxyl groups is 1. The monoisotopic (exact) mass is 285 g/mol. The summed E-state index contributed by atoms with van der Waals surface area (Å²) >= 11 is 0. The van der Waals surface area contributed by atoms with E-state index in [4.69, 9.17) is 13.9 Å². The Morgan fingerprint density at radius 3 is 2.90 bits per heavy atom. The lowest BCUT2D eigenvalue weighted by atomic mass is 10.2. The summed E-state index contributed by atoms with van der Waals surface area (Å²) in [5.41, 5.74) is 1.60. The van der Waals surface area contributed by atoms with Crippen molar-refractivity contribution in [2.75, 3.05) is 6.79 Å². The van der Waals surface area contributed by atoms with Gasteiger partial charge in [0.2, 0.25) is 6.79 Å². The second-order valence-electron chi connectivity index (χ2n) is 4.77. The second-order valence-corrected chi connectivity index (χ2v) is 4.77. The van der Waals surface area contributed by atoms with E-state index in [1.165, 1.54) is 10.6 Å². The molecule has 2 aromatic carbocycles. The highest BCUT2D eigenvalue weighted by molar-refractivity contribution is 5.79. The molecule has 4 rings (SSSR count). The zero-order chi connectivity index (χ0) is 14.4. The van der Waals surface area contributed by atoms with Crippen LogP contribution in [0.1, 0.15) is 5.56 Å². The minimum Gasteiger partial charge on any atom is -0.506 e. The molecule has 0 atom stereocenters. The van der Waals surface area contributed by atoms with Gasteiger partial charge in [0.25, 0.3) is 0 Å². The van der Waals surface area contributed by atoms with Crippen molar-refractivity contribution in [2.24, 2.45) is 0 Å². The molecule has 0 saturated heterocycles. The normalized spacial score (nSPS) is 13.0. The van der Waals surface area contributed by atoms with Crippen molar-refractivity contribution in [2.45, 2.75) is 6.54 Å². The fourth-order valence-corrected chi connectivity index (χ4v) is 2.47. The molecule has 0 amide bonds. The molecule has 0 bridgehead atoms. The number of benzene rings is 2. The molecule has 3 aromatic rings. The molecule has 0 unspecified atom stereocenters. The molecular formula is C15H11NO5. The van der Waals surface area contributed by atoms with Crippen molar-refractivity contribution in [3.05, 3.63) is 52.5 Å². The number of para-hydroxylation sites is 1. The third-order valence-corrected chi connectivity index (χ3v) is 3.44. The lowest BCUT2D eigenvalue weighted by Gasteiger charge is -2.05. The van der Waals surface area contributed by atoms with Gasteiger partial charge in [-0.05, 0) is 29.8 Å². The quantitative estimate of drug-likeness (QED) is 0.780. The lowest BCUT2D eigenvalue weighted by Crippen LogP contribution is -2.14. The van der Waals surface area contributed by atoms with Crippen LogP contribution in [0.4, 0.5) is 0 Å². The molecule has 0 saturated carbocycles. The van der Waals surface area contributed by atoms with Crippen molar-refractivity contribution in [1.29, 1.82) is 0 Å². The molecule has 1 aromatic heterocycles. The van der Waals surface area contributed by atoms with E-state index in [-0.39, 0.29) is 19.1 Å². The number of hydrogen-bond acceptors (Lipinski definition) is 5. The van der Waals surface area contributed by atoms with E-state index >= 15 is 0 Å². The summed E-state index contributed by atoms with van der Waals surface area (Å²) < 4.78 is 17.1. The number of ether oxygens (including phenoxy) is 2. The maximum atomic E-state index is 12.0. The Morgan fingerprint density at radius 2 is 2.00 bits per heavy atom. The smallest absolute Gasteiger partial charge is 0.420 e. The molecule has 6 heteroatoms. The van der Waals surface area contributed by atoms with Gasteiger partial charge in [-0.3, -0.25) is 4.57 Å². The summed E-state index contributed by atoms with van der Waals surface area (Å²) in [5.74, 6) is 0.840. The van der Waals surface area contributed by atoms with Gasteiger partial charge in [-0.1, -0.05) is 12.1 Å². The van der Waals surface area contributed by atoms with Gasteiger partial charge in [0.05, 0.1) is 6.54 Å². The molecule has 0 radical (unpaired) electrons. The van der Waals surface area contributed by atoms with Gasteiger partial charge in [-0.2, -0.15) is 0 Å². The molecule has 6 nitrogen and oxygen atoms in total. The molecule has 21 heavy (non-hydrogen) atoms. The molecular weight excluding hydrogens is 274 g/mol. The first-order chi connectivity index (χ1) is 10.2. The van der Waals surface area contributed by atoms with Gasteiger partial charge < -0.3 is 19.0 Å². The van der Waals surface area contributed by atoms with E-state index in [2.05, 4.69) is 0 Å². The van der Waals surface area contributed by atoms with Gasteiger partial charge in [-0.25, -0.2) is 4.79 Å². The Kier molecular flexibility index (Phi) is 2.44. The summed E-state index contributed by atoms with van der Waals surface area (Å²) in [6.07, 6.45) is 0. The third-order valence-electron chi connectivity index (χ3n) is 3.44. The second kappa shape index (κ2) is 4.31. The predicted octanol–water partition coefficient (Wildman–Crippen LogP) is 2.08. The van der Waals surface area contributed by atoms with Crippen LogP contribution in [0.5, 0.6) is 17.2 Å². The number of hydrogen-bond donors (Lipinski definition) is 1. The largest absolute Gasteiger partial charge is 0.506 e. The van der Waals surface area contributed by atoms with Gasteiger partial charge in [0.15, 0.2) is 17.1 Å². The number of fused-ring (bicyclic) bond motifs is 2. The van der Waals surface area contributed by atoms with E-state index in [1.54, 1.807) is 18.2 Å². The van der Waals surface area contributed by atoms with Gasteiger partial charge in [-0.15, -0.1) is 0 Å². The molecule has 0 spiro atoms. The fraction of sp³-hybridized carbons (Fsp3) is 0.133. The Morgan fingerprint density at radius 1 is 1.14 bits per heavy atom. The van der Waals surface area contributed by atoms with Crippen molar-refractivity contribution in [3.63, 3.8) is 0 Å².